The van der Waals surface area contributed by atoms with Gasteiger partial charge in [-0.05, 0) is 51.7 Å². The molecule has 7 nitrogen and oxygen atoms in total. The van der Waals surface area contributed by atoms with Crippen LogP contribution in [0.2, 0.25) is 0 Å². The molecule has 2 heterocycles. The van der Waals surface area contributed by atoms with Crippen LogP contribution >= 0.6 is 0 Å². The van der Waals surface area contributed by atoms with Crippen molar-refractivity contribution in [3.63, 3.8) is 0 Å². The average Bonchev–Trinajstić information content (AvgIpc) is 3.08. The highest BCUT2D eigenvalue weighted by Gasteiger charge is 2.56. The Balaban J connectivity index is 2.07. The van der Waals surface area contributed by atoms with Crippen molar-refractivity contribution in [3.8, 4) is 0 Å². The number of esters is 1. The molecule has 2 saturated heterocycles. The summed E-state index contributed by atoms with van der Waals surface area (Å²) in [5.41, 5.74) is -1.06. The van der Waals surface area contributed by atoms with Gasteiger partial charge in [-0.3, -0.25) is 4.79 Å². The molecule has 8 heteroatoms. The minimum absolute atomic E-state index is 0.00831. The summed E-state index contributed by atoms with van der Waals surface area (Å²) in [6.45, 7) is 4.80. The molecule has 1 aromatic carbocycles. The number of carbonyl (C=O) groups excluding carboxylic acids is 2. The lowest BCUT2D eigenvalue weighted by Gasteiger charge is -2.45. The Morgan fingerprint density at radius 1 is 1.15 bits per heavy atom. The molecule has 0 radical (unpaired) electrons. The Bertz CT molecular complexity index is 851. The number of piperidine rings is 1. The molecule has 2 aliphatic rings. The van der Waals surface area contributed by atoms with Crippen molar-refractivity contribution in [1.29, 1.82) is 0 Å². The van der Waals surface area contributed by atoms with Crippen molar-refractivity contribution in [1.82, 2.24) is 9.21 Å². The summed E-state index contributed by atoms with van der Waals surface area (Å²) in [6, 6.07) is 6.02. The quantitative estimate of drug-likeness (QED) is 0.730. The lowest BCUT2D eigenvalue weighted by atomic mass is 9.86. The van der Waals surface area contributed by atoms with Gasteiger partial charge in [0.15, 0.2) is 0 Å². The van der Waals surface area contributed by atoms with Crippen LogP contribution in [-0.4, -0.2) is 61.3 Å². The van der Waals surface area contributed by atoms with E-state index in [2.05, 4.69) is 0 Å². The van der Waals surface area contributed by atoms with Gasteiger partial charge in [0.05, 0.1) is 17.6 Å². The highest BCUT2D eigenvalue weighted by atomic mass is 32.2. The van der Waals surface area contributed by atoms with Crippen LogP contribution in [0.3, 0.4) is 0 Å². The lowest BCUT2D eigenvalue weighted by molar-refractivity contribution is -0.146. The maximum atomic E-state index is 13.5. The largest absolute Gasteiger partial charge is 0.465 e. The van der Waals surface area contributed by atoms with Crippen LogP contribution in [-0.2, 0) is 19.6 Å². The first-order valence-corrected chi connectivity index (χ1v) is 10.7. The van der Waals surface area contributed by atoms with E-state index in [-0.39, 0.29) is 29.0 Å². The van der Waals surface area contributed by atoms with E-state index in [4.69, 9.17) is 4.74 Å². The third-order valence-corrected chi connectivity index (χ3v) is 7.59. The van der Waals surface area contributed by atoms with Crippen LogP contribution in [0.5, 0.6) is 0 Å². The molecule has 1 aromatic rings. The number of amides is 1. The van der Waals surface area contributed by atoms with Gasteiger partial charge in [-0.25, -0.2) is 13.2 Å². The van der Waals surface area contributed by atoms with Crippen molar-refractivity contribution in [2.24, 2.45) is 0 Å². The highest BCUT2D eigenvalue weighted by Crippen LogP contribution is 2.42. The molecule has 1 amide bonds. The molecule has 0 aliphatic carbocycles. The average molecular weight is 394 g/mol. The number of hydrogen-bond acceptors (Lipinski definition) is 5. The summed E-state index contributed by atoms with van der Waals surface area (Å²) in [5, 5.41) is 0. The molecular formula is C19H26N2O5S. The van der Waals surface area contributed by atoms with Gasteiger partial charge in [-0.1, -0.05) is 12.1 Å². The van der Waals surface area contributed by atoms with E-state index < -0.39 is 21.5 Å². The number of methoxy groups -OCH3 is 1. The summed E-state index contributed by atoms with van der Waals surface area (Å²) in [5.74, 6) is -0.832. The molecule has 148 valence electrons. The zero-order chi connectivity index (χ0) is 19.8. The summed E-state index contributed by atoms with van der Waals surface area (Å²) in [4.78, 5) is 27.0. The maximum absolute atomic E-state index is 13.5. The van der Waals surface area contributed by atoms with Crippen LogP contribution in [0.1, 0.15) is 49.9 Å². The topological polar surface area (TPSA) is 84.0 Å². The van der Waals surface area contributed by atoms with Gasteiger partial charge in [0.1, 0.15) is 5.54 Å². The first-order valence-electron chi connectivity index (χ1n) is 9.27. The molecule has 1 unspecified atom stereocenters. The maximum Gasteiger partial charge on any atom is 0.339 e. The van der Waals surface area contributed by atoms with Crippen LogP contribution in [0, 0.1) is 0 Å². The number of benzene rings is 1. The van der Waals surface area contributed by atoms with Crippen LogP contribution < -0.4 is 0 Å². The minimum Gasteiger partial charge on any atom is -0.465 e. The van der Waals surface area contributed by atoms with E-state index in [1.165, 1.54) is 23.5 Å². The van der Waals surface area contributed by atoms with Crippen molar-refractivity contribution < 1.29 is 22.7 Å². The van der Waals surface area contributed by atoms with Crippen molar-refractivity contribution in [2.75, 3.05) is 20.2 Å². The summed E-state index contributed by atoms with van der Waals surface area (Å²) >= 11 is 0. The fourth-order valence-electron chi connectivity index (χ4n) is 4.27. The number of rotatable bonds is 4. The van der Waals surface area contributed by atoms with Gasteiger partial charge in [0, 0.05) is 19.1 Å². The van der Waals surface area contributed by atoms with E-state index in [1.54, 1.807) is 17.0 Å². The second-order valence-corrected chi connectivity index (χ2v) is 9.23. The van der Waals surface area contributed by atoms with Gasteiger partial charge < -0.3 is 9.64 Å². The summed E-state index contributed by atoms with van der Waals surface area (Å²) in [7, 11) is -2.81. The zero-order valence-electron chi connectivity index (χ0n) is 16.0. The number of nitrogens with zero attached hydrogens (tertiary/aromatic N) is 2. The molecule has 1 spiro atoms. The van der Waals surface area contributed by atoms with Crippen molar-refractivity contribution in [2.45, 2.75) is 56.0 Å². The van der Waals surface area contributed by atoms with Crippen LogP contribution in [0.4, 0.5) is 0 Å². The van der Waals surface area contributed by atoms with Gasteiger partial charge in [0.2, 0.25) is 15.9 Å². The first kappa shape index (κ1) is 19.8. The fourth-order valence-corrected chi connectivity index (χ4v) is 6.27. The zero-order valence-corrected chi connectivity index (χ0v) is 16.8. The van der Waals surface area contributed by atoms with E-state index in [0.717, 1.165) is 6.42 Å². The predicted molar refractivity (Wildman–Crippen MR) is 99.7 cm³/mol. The minimum atomic E-state index is -4.03. The number of carbonyl (C=O) groups is 2. The van der Waals surface area contributed by atoms with Crippen LogP contribution in [0.15, 0.2) is 29.2 Å². The Morgan fingerprint density at radius 2 is 1.78 bits per heavy atom. The van der Waals surface area contributed by atoms with Gasteiger partial charge in [0.25, 0.3) is 0 Å². The van der Waals surface area contributed by atoms with E-state index in [9.17, 15) is 18.0 Å². The molecule has 2 fully saturated rings. The van der Waals surface area contributed by atoms with Gasteiger partial charge in [-0.15, -0.1) is 0 Å². The molecule has 0 N–H and O–H groups in total. The number of sulfonamides is 1. The Hall–Kier alpha value is -1.93. The molecule has 0 aromatic heterocycles. The smallest absolute Gasteiger partial charge is 0.339 e. The second kappa shape index (κ2) is 7.24. The SMILES string of the molecule is COC(=O)c1ccccc1S(=O)(=O)N1CCCC12CCCN(C(C)C)C2=O. The number of ether oxygens (including phenoxy) is 1. The first-order chi connectivity index (χ1) is 12.8. The van der Waals surface area contributed by atoms with E-state index in [1.807, 2.05) is 13.8 Å². The predicted octanol–water partition coefficient (Wildman–Crippen LogP) is 2.03. The third-order valence-electron chi connectivity index (χ3n) is 5.56. The Labute approximate surface area is 160 Å². The lowest BCUT2D eigenvalue weighted by Crippen LogP contribution is -2.62. The van der Waals surface area contributed by atoms with Crippen molar-refractivity contribution >= 4 is 21.9 Å². The van der Waals surface area contributed by atoms with E-state index in [0.29, 0.717) is 25.8 Å². The van der Waals surface area contributed by atoms with Gasteiger partial charge in [-0.2, -0.15) is 4.31 Å². The second-order valence-electron chi connectivity index (χ2n) is 7.40. The molecule has 0 saturated carbocycles. The van der Waals surface area contributed by atoms with Gasteiger partial charge >= 0.3 is 5.97 Å². The van der Waals surface area contributed by atoms with Crippen LogP contribution in [0.25, 0.3) is 0 Å². The highest BCUT2D eigenvalue weighted by molar-refractivity contribution is 7.89. The fraction of sp³-hybridized carbons (Fsp3) is 0.579. The van der Waals surface area contributed by atoms with Crippen molar-refractivity contribution in [3.05, 3.63) is 29.8 Å². The molecule has 1 atom stereocenters. The normalized spacial score (nSPS) is 24.0. The molecule has 27 heavy (non-hydrogen) atoms. The Kier molecular flexibility index (Phi) is 5.31. The number of hydrogen-bond donors (Lipinski definition) is 0. The molecular weight excluding hydrogens is 368 g/mol. The standard InChI is InChI=1S/C19H26N2O5S/c1-14(2)20-12-6-10-19(18(20)23)11-7-13-21(19)27(24,25)16-9-5-4-8-15(16)17(22)26-3/h4-5,8-9,14H,6-7,10-13H2,1-3H3. The monoisotopic (exact) mass is 394 g/mol. The molecule has 3 rings (SSSR count). The third kappa shape index (κ3) is 3.14. The molecule has 2 aliphatic heterocycles. The number of likely N-dealkylation sites (tertiary alicyclic amines) is 1. The summed E-state index contributed by atoms with van der Waals surface area (Å²) < 4.78 is 33.1. The Morgan fingerprint density at radius 3 is 2.41 bits per heavy atom. The van der Waals surface area contributed by atoms with E-state index >= 15 is 0 Å². The summed E-state index contributed by atoms with van der Waals surface area (Å²) in [6.07, 6.45) is 2.40. The molecule has 0 bridgehead atoms.